The van der Waals surface area contributed by atoms with Crippen molar-refractivity contribution in [3.63, 3.8) is 0 Å². The van der Waals surface area contributed by atoms with Crippen LogP contribution in [0.5, 0.6) is 0 Å². The first-order valence-electron chi connectivity index (χ1n) is 19.0. The average Bonchev–Trinajstić information content (AvgIpc) is 4.03. The number of likely N-dealkylation sites (tertiary alicyclic amines) is 5. The van der Waals surface area contributed by atoms with Crippen molar-refractivity contribution < 1.29 is 63.6 Å². The number of carboxylic acid groups (broad SMARTS) is 1. The molecule has 8 amide bonds. The normalized spacial score (nSPS) is 29.0. The molecule has 0 aromatic rings. The maximum atomic E-state index is 13.9. The number of hydrogen-bond donors (Lipinski definition) is 9. The number of amides is 8. The molecule has 0 aromatic heterocycles. The zero-order valence-corrected chi connectivity index (χ0v) is 32.1. The van der Waals surface area contributed by atoms with E-state index < -0.39 is 127 Å². The second-order valence-corrected chi connectivity index (χ2v) is 15.4. The number of carbonyl (C=O) groups is 9. The van der Waals surface area contributed by atoms with E-state index in [2.05, 4.69) is 28.6 Å². The van der Waals surface area contributed by atoms with E-state index in [0.29, 0.717) is 12.8 Å². The van der Waals surface area contributed by atoms with Crippen LogP contribution in [0.1, 0.15) is 44.9 Å². The SMILES string of the molecule is N[C@@H](CS)C(=O)N1C[C@H](O)C[C@H]1C(=O)NCC(=O)N1CCC[C@H]1C(=O)N1C[C@H](O)C[C@H]1C(=O)NCC(=O)N1CCC[C@H]1C(=O)N1C[C@H](O)C[C@H]1C(=O)NCC(=O)O. The summed E-state index contributed by atoms with van der Waals surface area (Å²) in [4.78, 5) is 123. The molecular formula is C34H51N9O13S. The van der Waals surface area contributed by atoms with Gasteiger partial charge in [0.15, 0.2) is 0 Å². The predicted octanol–water partition coefficient (Wildman–Crippen LogP) is -6.46. The summed E-state index contributed by atoms with van der Waals surface area (Å²) in [7, 11) is 0. The molecule has 5 saturated heterocycles. The van der Waals surface area contributed by atoms with Crippen molar-refractivity contribution in [3.05, 3.63) is 0 Å². The van der Waals surface area contributed by atoms with Crippen LogP contribution in [0.25, 0.3) is 0 Å². The number of aliphatic carboxylic acids is 1. The molecule has 0 aliphatic carbocycles. The van der Waals surface area contributed by atoms with Gasteiger partial charge in [-0.1, -0.05) is 0 Å². The van der Waals surface area contributed by atoms with Crippen LogP contribution in [0.3, 0.4) is 0 Å². The summed E-state index contributed by atoms with van der Waals surface area (Å²) in [6, 6.07) is -6.38. The lowest BCUT2D eigenvalue weighted by atomic mass is 10.1. The molecule has 5 aliphatic heterocycles. The van der Waals surface area contributed by atoms with Crippen molar-refractivity contribution in [1.82, 2.24) is 40.4 Å². The Balaban J connectivity index is 1.15. The second kappa shape index (κ2) is 18.8. The number of thiol groups is 1. The summed E-state index contributed by atoms with van der Waals surface area (Å²) in [5.41, 5.74) is 5.78. The Labute approximate surface area is 332 Å². The fraction of sp³-hybridized carbons (Fsp3) is 0.735. The minimum absolute atomic E-state index is 0.0228. The van der Waals surface area contributed by atoms with Crippen LogP contribution in [0.15, 0.2) is 0 Å². The smallest absolute Gasteiger partial charge is 0.322 e. The van der Waals surface area contributed by atoms with Gasteiger partial charge in [0.25, 0.3) is 0 Å². The molecule has 23 heteroatoms. The first-order chi connectivity index (χ1) is 27.0. The summed E-state index contributed by atoms with van der Waals surface area (Å²) in [6.07, 6.45) is -2.01. The van der Waals surface area contributed by atoms with E-state index in [1.807, 2.05) is 0 Å². The minimum Gasteiger partial charge on any atom is -0.480 e. The van der Waals surface area contributed by atoms with Gasteiger partial charge in [-0.15, -0.1) is 0 Å². The highest BCUT2D eigenvalue weighted by Gasteiger charge is 2.47. The molecule has 0 saturated carbocycles. The molecule has 5 aliphatic rings. The lowest BCUT2D eigenvalue weighted by Crippen LogP contribution is -2.56. The maximum Gasteiger partial charge on any atom is 0.322 e. The number of carboxylic acids is 1. The summed E-state index contributed by atoms with van der Waals surface area (Å²) in [6.45, 7) is -1.92. The van der Waals surface area contributed by atoms with Crippen LogP contribution < -0.4 is 21.7 Å². The molecule has 22 nitrogen and oxygen atoms in total. The Morgan fingerprint density at radius 3 is 1.33 bits per heavy atom. The van der Waals surface area contributed by atoms with E-state index in [9.17, 15) is 58.5 Å². The highest BCUT2D eigenvalue weighted by molar-refractivity contribution is 7.80. The molecule has 0 unspecified atom stereocenters. The van der Waals surface area contributed by atoms with E-state index in [4.69, 9.17) is 10.8 Å². The topological polar surface area (TPSA) is 313 Å². The first-order valence-corrected chi connectivity index (χ1v) is 19.6. The molecule has 316 valence electrons. The number of aliphatic hydroxyl groups is 3. The fourth-order valence-corrected chi connectivity index (χ4v) is 8.44. The number of nitrogens with zero attached hydrogens (tertiary/aromatic N) is 5. The van der Waals surface area contributed by atoms with E-state index in [0.717, 1.165) is 14.7 Å². The third-order valence-corrected chi connectivity index (χ3v) is 11.5. The van der Waals surface area contributed by atoms with Crippen molar-refractivity contribution in [2.24, 2.45) is 5.73 Å². The average molecular weight is 826 g/mol. The van der Waals surface area contributed by atoms with Gasteiger partial charge in [-0.3, -0.25) is 43.2 Å². The van der Waals surface area contributed by atoms with Gasteiger partial charge in [0.05, 0.1) is 37.4 Å². The van der Waals surface area contributed by atoms with Crippen LogP contribution in [0, 0.1) is 0 Å². The van der Waals surface area contributed by atoms with Gasteiger partial charge in [-0.05, 0) is 25.7 Å². The maximum absolute atomic E-state index is 13.9. The van der Waals surface area contributed by atoms with Gasteiger partial charge in [0, 0.05) is 57.7 Å². The molecule has 9 N–H and O–H groups in total. The van der Waals surface area contributed by atoms with Crippen molar-refractivity contribution in [3.8, 4) is 0 Å². The van der Waals surface area contributed by atoms with E-state index in [-0.39, 0.29) is 70.6 Å². The van der Waals surface area contributed by atoms with E-state index in [1.54, 1.807) is 0 Å². The zero-order chi connectivity index (χ0) is 41.7. The summed E-state index contributed by atoms with van der Waals surface area (Å²) in [5, 5.41) is 46.9. The van der Waals surface area contributed by atoms with Gasteiger partial charge in [-0.2, -0.15) is 12.6 Å². The Bertz CT molecular complexity index is 1620. The van der Waals surface area contributed by atoms with E-state index >= 15 is 0 Å². The standard InChI is InChI=1S/C34H51N9O13S/c35-20(16-57)32(54)41-13-17(44)7-23(41)29(51)36-10-26(47)39-5-1-3-21(39)33(55)42-14-18(45)8-24(42)30(52)37-11-27(48)40-6-2-4-22(40)34(56)43-15-19(46)9-25(43)31(53)38-12-28(49)50/h17-25,44-46,57H,1-16,35H2,(H,36,51)(H,37,52)(H,38,53)(H,49,50)/t17-,18-,19-,20+,21+,22+,23+,24+,25+/m1/s1. The van der Waals surface area contributed by atoms with Gasteiger partial charge in [0.1, 0.15) is 36.8 Å². The number of hydrogen-bond acceptors (Lipinski definition) is 14. The summed E-state index contributed by atoms with van der Waals surface area (Å²) >= 11 is 4.02. The number of aliphatic hydroxyl groups excluding tert-OH is 3. The van der Waals surface area contributed by atoms with Crippen LogP contribution in [-0.4, -0.2) is 211 Å². The number of nitrogens with two attached hydrogens (primary N) is 1. The largest absolute Gasteiger partial charge is 0.480 e. The highest BCUT2D eigenvalue weighted by Crippen LogP contribution is 2.27. The van der Waals surface area contributed by atoms with E-state index in [1.165, 1.54) is 9.80 Å². The van der Waals surface area contributed by atoms with Crippen LogP contribution >= 0.6 is 12.6 Å². The van der Waals surface area contributed by atoms with Crippen molar-refractivity contribution in [2.45, 2.75) is 99.5 Å². The number of rotatable bonds is 13. The third kappa shape index (κ3) is 9.94. The van der Waals surface area contributed by atoms with Gasteiger partial charge < -0.3 is 66.6 Å². The summed E-state index contributed by atoms with van der Waals surface area (Å²) in [5.74, 6) is -6.44. The second-order valence-electron chi connectivity index (χ2n) is 15.0. The molecule has 9 atom stereocenters. The number of β-amino-alcohol motifs (C(OH)–C–C–N with tert-alkyl or cyclic N) is 3. The molecule has 5 fully saturated rings. The molecule has 57 heavy (non-hydrogen) atoms. The van der Waals surface area contributed by atoms with Crippen molar-refractivity contribution in [1.29, 1.82) is 0 Å². The quantitative estimate of drug-likeness (QED) is 0.0781. The summed E-state index contributed by atoms with van der Waals surface area (Å²) < 4.78 is 0. The van der Waals surface area contributed by atoms with Crippen LogP contribution in [0.4, 0.5) is 0 Å². The molecule has 0 aromatic carbocycles. The van der Waals surface area contributed by atoms with Crippen molar-refractivity contribution >= 4 is 65.9 Å². The Hall–Kier alpha value is -4.58. The number of carbonyl (C=O) groups excluding carboxylic acids is 8. The lowest BCUT2D eigenvalue weighted by Gasteiger charge is -2.32. The van der Waals surface area contributed by atoms with Crippen LogP contribution in [-0.2, 0) is 43.2 Å². The molecule has 5 heterocycles. The van der Waals surface area contributed by atoms with Crippen molar-refractivity contribution in [2.75, 3.05) is 58.1 Å². The highest BCUT2D eigenvalue weighted by atomic mass is 32.1. The molecule has 0 radical (unpaired) electrons. The molecule has 5 rings (SSSR count). The minimum atomic E-state index is -1.29. The molecule has 0 spiro atoms. The third-order valence-electron chi connectivity index (χ3n) is 11.1. The van der Waals surface area contributed by atoms with Gasteiger partial charge in [0.2, 0.25) is 47.3 Å². The lowest BCUT2D eigenvalue weighted by molar-refractivity contribution is -0.148. The zero-order valence-electron chi connectivity index (χ0n) is 31.2. The molecule has 0 bridgehead atoms. The number of nitrogens with one attached hydrogen (secondary N) is 3. The van der Waals surface area contributed by atoms with Gasteiger partial charge >= 0.3 is 5.97 Å². The Kier molecular flexibility index (Phi) is 14.3. The van der Waals surface area contributed by atoms with Gasteiger partial charge in [-0.25, -0.2) is 0 Å². The monoisotopic (exact) mass is 825 g/mol. The predicted molar refractivity (Wildman–Crippen MR) is 196 cm³/mol. The molecular weight excluding hydrogens is 774 g/mol. The Morgan fingerprint density at radius 1 is 0.579 bits per heavy atom. The fourth-order valence-electron chi connectivity index (χ4n) is 8.28. The Morgan fingerprint density at radius 2 is 0.947 bits per heavy atom. The first kappa shape index (κ1) is 43.5. The van der Waals surface area contributed by atoms with Crippen LogP contribution in [0.2, 0.25) is 0 Å².